The maximum atomic E-state index is 13.8. The van der Waals surface area contributed by atoms with E-state index in [1.807, 2.05) is 51.2 Å². The molecule has 6 nitrogen and oxygen atoms in total. The van der Waals surface area contributed by atoms with Crippen molar-refractivity contribution in [1.29, 1.82) is 0 Å². The number of nitrogens with one attached hydrogen (secondary N) is 1. The van der Waals surface area contributed by atoms with Crippen LogP contribution in [0.4, 0.5) is 0 Å². The summed E-state index contributed by atoms with van der Waals surface area (Å²) in [5.74, 6) is 2.20. The first-order chi connectivity index (χ1) is 19.4. The lowest BCUT2D eigenvalue weighted by atomic mass is 9.81. The second kappa shape index (κ2) is 9.54. The number of hydrogen-bond donors (Lipinski definition) is 1. The maximum Gasteiger partial charge on any atom is 0.252 e. The van der Waals surface area contributed by atoms with Gasteiger partial charge >= 0.3 is 0 Å². The van der Waals surface area contributed by atoms with Gasteiger partial charge in [-0.25, -0.2) is 4.98 Å². The predicted molar refractivity (Wildman–Crippen MR) is 160 cm³/mol. The maximum absolute atomic E-state index is 13.8. The molecule has 2 aromatic heterocycles. The molecule has 0 bridgehead atoms. The van der Waals surface area contributed by atoms with Gasteiger partial charge in [-0.3, -0.25) is 4.79 Å². The molecular formula is C34H36N4O2. The van der Waals surface area contributed by atoms with Crippen LogP contribution in [0.2, 0.25) is 0 Å². The lowest BCUT2D eigenvalue weighted by Crippen LogP contribution is -2.42. The molecule has 1 N–H and O–H groups in total. The number of rotatable bonds is 4. The third-order valence-electron chi connectivity index (χ3n) is 8.87. The molecule has 3 aromatic carbocycles. The third kappa shape index (κ3) is 4.00. The Hall–Kier alpha value is -4.06. The molecule has 7 rings (SSSR count). The lowest BCUT2D eigenvalue weighted by molar-refractivity contribution is 0.0907. The van der Waals surface area contributed by atoms with Crippen LogP contribution in [-0.2, 0) is 19.1 Å². The quantitative estimate of drug-likeness (QED) is 0.264. The van der Waals surface area contributed by atoms with Crippen molar-refractivity contribution in [2.45, 2.75) is 64.0 Å². The van der Waals surface area contributed by atoms with E-state index < -0.39 is 5.54 Å². The Bertz CT molecular complexity index is 1750. The summed E-state index contributed by atoms with van der Waals surface area (Å²) >= 11 is 0. The Morgan fingerprint density at radius 1 is 0.975 bits per heavy atom. The Morgan fingerprint density at radius 3 is 2.58 bits per heavy atom. The summed E-state index contributed by atoms with van der Waals surface area (Å²) < 4.78 is 10.7. The van der Waals surface area contributed by atoms with Crippen molar-refractivity contribution < 1.29 is 9.53 Å². The van der Waals surface area contributed by atoms with Gasteiger partial charge in [0, 0.05) is 29.1 Å². The fraction of sp³-hybridized carbons (Fsp3) is 0.353. The van der Waals surface area contributed by atoms with Crippen LogP contribution in [0.3, 0.4) is 0 Å². The zero-order valence-electron chi connectivity index (χ0n) is 23.5. The SMILES string of the molecule is Cn1c(C(C)(C)NC(=O)c2ccc3c(C4CCCCC4)c4n(c3c2)CCOc2ccccc2-4)nc2ccccc21. The Labute approximate surface area is 235 Å². The average Bonchev–Trinajstić information content (AvgIpc) is 3.41. The second-order valence-corrected chi connectivity index (χ2v) is 11.9. The van der Waals surface area contributed by atoms with Gasteiger partial charge in [-0.2, -0.15) is 0 Å². The Kier molecular flexibility index (Phi) is 5.95. The number of para-hydroxylation sites is 3. The van der Waals surface area contributed by atoms with E-state index in [-0.39, 0.29) is 5.91 Å². The first kappa shape index (κ1) is 24.9. The van der Waals surface area contributed by atoms with Gasteiger partial charge in [0.1, 0.15) is 18.2 Å². The molecule has 40 heavy (non-hydrogen) atoms. The Balaban J connectivity index is 1.31. The normalized spacial score (nSPS) is 15.9. The predicted octanol–water partition coefficient (Wildman–Crippen LogP) is 7.30. The van der Waals surface area contributed by atoms with E-state index in [1.165, 1.54) is 48.7 Å². The highest BCUT2D eigenvalue weighted by Crippen LogP contribution is 2.47. The summed E-state index contributed by atoms with van der Waals surface area (Å²) in [6.45, 7) is 5.39. The fourth-order valence-electron chi connectivity index (χ4n) is 7.00. The molecule has 6 heteroatoms. The minimum Gasteiger partial charge on any atom is -0.491 e. The third-order valence-corrected chi connectivity index (χ3v) is 8.87. The van der Waals surface area contributed by atoms with E-state index in [4.69, 9.17) is 9.72 Å². The van der Waals surface area contributed by atoms with E-state index in [0.29, 0.717) is 18.1 Å². The summed E-state index contributed by atoms with van der Waals surface area (Å²) in [7, 11) is 2.01. The minimum absolute atomic E-state index is 0.0982. The van der Waals surface area contributed by atoms with Gasteiger partial charge in [0.05, 0.1) is 28.8 Å². The summed E-state index contributed by atoms with van der Waals surface area (Å²) in [6, 6.07) is 22.7. The van der Waals surface area contributed by atoms with Gasteiger partial charge in [0.25, 0.3) is 5.91 Å². The monoisotopic (exact) mass is 532 g/mol. The Morgan fingerprint density at radius 2 is 1.75 bits per heavy atom. The molecule has 2 aliphatic rings. The zero-order valence-corrected chi connectivity index (χ0v) is 23.5. The molecule has 1 saturated carbocycles. The summed E-state index contributed by atoms with van der Waals surface area (Å²) in [4.78, 5) is 18.6. The lowest BCUT2D eigenvalue weighted by Gasteiger charge is -2.26. The molecular weight excluding hydrogens is 496 g/mol. The van der Waals surface area contributed by atoms with E-state index >= 15 is 0 Å². The van der Waals surface area contributed by atoms with Crippen molar-refractivity contribution in [3.8, 4) is 17.0 Å². The molecule has 1 aliphatic heterocycles. The molecule has 0 saturated heterocycles. The van der Waals surface area contributed by atoms with Crippen LogP contribution in [0.25, 0.3) is 33.2 Å². The van der Waals surface area contributed by atoms with Crippen molar-refractivity contribution in [1.82, 2.24) is 19.4 Å². The van der Waals surface area contributed by atoms with E-state index in [1.54, 1.807) is 0 Å². The first-order valence-electron chi connectivity index (χ1n) is 14.5. The van der Waals surface area contributed by atoms with Crippen molar-refractivity contribution in [3.63, 3.8) is 0 Å². The zero-order chi connectivity index (χ0) is 27.4. The minimum atomic E-state index is -0.657. The highest BCUT2D eigenvalue weighted by molar-refractivity contribution is 6.01. The molecule has 5 aromatic rings. The fourth-order valence-corrected chi connectivity index (χ4v) is 7.00. The highest BCUT2D eigenvalue weighted by atomic mass is 16.5. The number of amides is 1. The molecule has 3 heterocycles. The number of benzene rings is 3. The van der Waals surface area contributed by atoms with Crippen molar-refractivity contribution in [2.24, 2.45) is 7.05 Å². The number of nitrogens with zero attached hydrogens (tertiary/aromatic N) is 3. The largest absolute Gasteiger partial charge is 0.491 e. The van der Waals surface area contributed by atoms with Crippen LogP contribution in [-0.4, -0.2) is 26.6 Å². The number of fused-ring (bicyclic) bond motifs is 6. The number of carbonyl (C=O) groups excluding carboxylic acids is 1. The summed E-state index contributed by atoms with van der Waals surface area (Å²) in [5, 5.41) is 4.55. The number of aromatic nitrogens is 3. The van der Waals surface area contributed by atoms with Crippen molar-refractivity contribution in [3.05, 3.63) is 83.7 Å². The number of carbonyl (C=O) groups is 1. The number of hydrogen-bond acceptors (Lipinski definition) is 3. The highest BCUT2D eigenvalue weighted by Gasteiger charge is 2.31. The van der Waals surface area contributed by atoms with Crippen LogP contribution in [0.5, 0.6) is 5.75 Å². The molecule has 0 atom stereocenters. The van der Waals surface area contributed by atoms with Crippen molar-refractivity contribution >= 4 is 27.8 Å². The van der Waals surface area contributed by atoms with E-state index in [9.17, 15) is 4.79 Å². The first-order valence-corrected chi connectivity index (χ1v) is 14.5. The van der Waals surface area contributed by atoms with Gasteiger partial charge in [-0.05, 0) is 74.6 Å². The number of ether oxygens (including phenoxy) is 1. The standard InChI is InChI=1S/C34H36N4O2/c1-34(2,33-35-26-14-8-9-15-27(26)37(33)3)36-32(39)23-17-18-24-28(21-23)38-19-20-40-29-16-10-7-13-25(29)31(38)30(24)22-11-5-4-6-12-22/h7-10,13-18,21-22H,4-6,11-12,19-20H2,1-3H3,(H,36,39). The molecule has 0 spiro atoms. The summed E-state index contributed by atoms with van der Waals surface area (Å²) in [5.41, 5.74) is 6.96. The van der Waals surface area contributed by atoms with Crippen LogP contribution in [0.15, 0.2) is 66.7 Å². The topological polar surface area (TPSA) is 61.1 Å². The average molecular weight is 533 g/mol. The van der Waals surface area contributed by atoms with Gasteiger partial charge in [-0.1, -0.05) is 49.6 Å². The van der Waals surface area contributed by atoms with Crippen LogP contribution < -0.4 is 10.1 Å². The molecule has 1 aliphatic carbocycles. The molecule has 0 unspecified atom stereocenters. The number of imidazole rings is 1. The summed E-state index contributed by atoms with van der Waals surface area (Å²) in [6.07, 6.45) is 6.28. The van der Waals surface area contributed by atoms with Gasteiger partial charge in [0.2, 0.25) is 0 Å². The van der Waals surface area contributed by atoms with E-state index in [0.717, 1.165) is 40.2 Å². The smallest absolute Gasteiger partial charge is 0.252 e. The molecule has 204 valence electrons. The second-order valence-electron chi connectivity index (χ2n) is 11.9. The number of aryl methyl sites for hydroxylation is 1. The van der Waals surface area contributed by atoms with E-state index in [2.05, 4.69) is 50.8 Å². The van der Waals surface area contributed by atoms with Crippen LogP contribution in [0.1, 0.15) is 73.6 Å². The van der Waals surface area contributed by atoms with Gasteiger partial charge in [-0.15, -0.1) is 0 Å². The van der Waals surface area contributed by atoms with Gasteiger partial charge < -0.3 is 19.2 Å². The van der Waals surface area contributed by atoms with Crippen molar-refractivity contribution in [2.75, 3.05) is 6.61 Å². The molecule has 1 fully saturated rings. The van der Waals surface area contributed by atoms with Gasteiger partial charge in [0.15, 0.2) is 0 Å². The molecule has 1 amide bonds. The van der Waals surface area contributed by atoms with Crippen LogP contribution >= 0.6 is 0 Å². The van der Waals surface area contributed by atoms with Crippen LogP contribution in [0, 0.1) is 0 Å². The molecule has 0 radical (unpaired) electrons.